The van der Waals surface area contributed by atoms with Crippen molar-refractivity contribution in [2.45, 2.75) is 32.6 Å². The number of benzene rings is 2. The molecule has 176 valence electrons. The summed E-state index contributed by atoms with van der Waals surface area (Å²) in [7, 11) is 0. The summed E-state index contributed by atoms with van der Waals surface area (Å²) in [5, 5.41) is 23.6. The number of carbonyl (C=O) groups is 2. The minimum absolute atomic E-state index is 0.0852. The maximum absolute atomic E-state index is 12.7. The van der Waals surface area contributed by atoms with Gasteiger partial charge in [0.05, 0.1) is 11.5 Å². The maximum Gasteiger partial charge on any atom is 0.348 e. The third-order valence-electron chi connectivity index (χ3n) is 5.48. The second-order valence-electron chi connectivity index (χ2n) is 7.83. The molecule has 0 atom stereocenters. The fourth-order valence-electron chi connectivity index (χ4n) is 3.77. The number of ether oxygens (including phenoxy) is 1. The predicted octanol–water partition coefficient (Wildman–Crippen LogP) is 4.70. The van der Waals surface area contributed by atoms with Crippen LogP contribution in [0.2, 0.25) is 0 Å². The highest BCUT2D eigenvalue weighted by Gasteiger charge is 2.22. The highest BCUT2D eigenvalue weighted by molar-refractivity contribution is 6.05. The van der Waals surface area contributed by atoms with Gasteiger partial charge in [0.2, 0.25) is 0 Å². The second kappa shape index (κ2) is 11.6. The van der Waals surface area contributed by atoms with Crippen LogP contribution < -0.4 is 10.2 Å². The summed E-state index contributed by atoms with van der Waals surface area (Å²) >= 11 is 0. The lowest BCUT2D eigenvalue weighted by molar-refractivity contribution is -0.384. The van der Waals surface area contributed by atoms with Crippen molar-refractivity contribution in [1.29, 1.82) is 5.26 Å². The van der Waals surface area contributed by atoms with Crippen molar-refractivity contribution < 1.29 is 19.2 Å². The summed E-state index contributed by atoms with van der Waals surface area (Å²) < 4.78 is 4.83. The first-order valence-electron chi connectivity index (χ1n) is 11.2. The molecule has 2 aromatic rings. The Kier molecular flexibility index (Phi) is 8.35. The van der Waals surface area contributed by atoms with Crippen molar-refractivity contribution >= 4 is 35.0 Å². The highest BCUT2D eigenvalue weighted by atomic mass is 16.6. The van der Waals surface area contributed by atoms with Gasteiger partial charge < -0.3 is 15.0 Å². The zero-order chi connectivity index (χ0) is 24.5. The first kappa shape index (κ1) is 24.5. The smallest absolute Gasteiger partial charge is 0.348 e. The molecule has 3 rings (SSSR count). The van der Waals surface area contributed by atoms with Gasteiger partial charge in [-0.05, 0) is 55.7 Å². The van der Waals surface area contributed by atoms with Crippen molar-refractivity contribution in [2.24, 2.45) is 0 Å². The average Bonchev–Trinajstić information content (AvgIpc) is 3.12. The Balaban J connectivity index is 1.75. The molecule has 1 saturated heterocycles. The number of hydrogen-bond acceptors (Lipinski definition) is 7. The van der Waals surface area contributed by atoms with E-state index in [4.69, 9.17) is 10.00 Å². The number of anilines is 2. The minimum Gasteiger partial charge on any atom is -0.462 e. The molecule has 0 aromatic heterocycles. The molecule has 1 fully saturated rings. The molecule has 0 saturated carbocycles. The molecule has 0 unspecified atom stereocenters. The van der Waals surface area contributed by atoms with Crippen LogP contribution >= 0.6 is 0 Å². The van der Waals surface area contributed by atoms with Gasteiger partial charge in [-0.15, -0.1) is 0 Å². The van der Waals surface area contributed by atoms with Gasteiger partial charge in [-0.1, -0.05) is 25.0 Å². The molecule has 1 amide bonds. The molecular weight excluding hydrogens is 436 g/mol. The maximum atomic E-state index is 12.7. The SMILES string of the molecule is CCOC(=O)/C(C#N)=C\c1ccc(NC(=O)c2ccc(N3CCCCCC3)c([N+](=O)[O-])c2)cc1. The second-order valence-corrected chi connectivity index (χ2v) is 7.83. The zero-order valence-corrected chi connectivity index (χ0v) is 19.0. The Hall–Kier alpha value is -4.19. The quantitative estimate of drug-likeness (QED) is 0.208. The molecule has 9 heteroatoms. The fourth-order valence-corrected chi connectivity index (χ4v) is 3.77. The van der Waals surface area contributed by atoms with Gasteiger partial charge in [-0.25, -0.2) is 4.79 Å². The summed E-state index contributed by atoms with van der Waals surface area (Å²) in [5.74, 6) is -1.18. The van der Waals surface area contributed by atoms with E-state index in [9.17, 15) is 19.7 Å². The Bertz CT molecular complexity index is 1130. The fraction of sp³-hybridized carbons (Fsp3) is 0.320. The predicted molar refractivity (Wildman–Crippen MR) is 128 cm³/mol. The molecule has 1 aliphatic rings. The van der Waals surface area contributed by atoms with Gasteiger partial charge in [-0.2, -0.15) is 5.26 Å². The van der Waals surface area contributed by atoms with Crippen LogP contribution in [0.5, 0.6) is 0 Å². The number of esters is 1. The Morgan fingerprint density at radius 3 is 2.41 bits per heavy atom. The topological polar surface area (TPSA) is 126 Å². The summed E-state index contributed by atoms with van der Waals surface area (Å²) in [5.41, 5.74) is 1.56. The highest BCUT2D eigenvalue weighted by Crippen LogP contribution is 2.31. The summed E-state index contributed by atoms with van der Waals surface area (Å²) in [4.78, 5) is 37.8. The van der Waals surface area contributed by atoms with Crippen molar-refractivity contribution in [1.82, 2.24) is 0 Å². The van der Waals surface area contributed by atoms with Gasteiger partial charge in [0.1, 0.15) is 17.3 Å². The summed E-state index contributed by atoms with van der Waals surface area (Å²) in [6.07, 6.45) is 5.59. The standard InChI is InChI=1S/C25H26N4O5/c1-2-34-25(31)20(17-26)15-18-7-10-21(11-8-18)27-24(30)19-9-12-22(23(16-19)29(32)33)28-13-5-3-4-6-14-28/h7-12,15-16H,2-6,13-14H2,1H3,(H,27,30)/b20-15-. The van der Waals surface area contributed by atoms with E-state index in [2.05, 4.69) is 5.32 Å². The summed E-state index contributed by atoms with van der Waals surface area (Å²) in [6.45, 7) is 3.34. The number of amides is 1. The lowest BCUT2D eigenvalue weighted by Gasteiger charge is -2.22. The van der Waals surface area contributed by atoms with E-state index in [1.165, 1.54) is 12.1 Å². The Morgan fingerprint density at radius 1 is 1.15 bits per heavy atom. The van der Waals surface area contributed by atoms with Crippen LogP contribution in [-0.2, 0) is 9.53 Å². The molecule has 0 spiro atoms. The van der Waals surface area contributed by atoms with Gasteiger partial charge in [0.15, 0.2) is 0 Å². The number of carbonyl (C=O) groups excluding carboxylic acids is 2. The van der Waals surface area contributed by atoms with Crippen molar-refractivity contribution in [3.05, 3.63) is 69.3 Å². The number of nitro benzene ring substituents is 1. The number of hydrogen-bond donors (Lipinski definition) is 1. The number of nitriles is 1. The number of rotatable bonds is 7. The third-order valence-corrected chi connectivity index (χ3v) is 5.48. The van der Waals surface area contributed by atoms with Crippen LogP contribution in [0.3, 0.4) is 0 Å². The van der Waals surface area contributed by atoms with E-state index in [1.54, 1.807) is 43.3 Å². The van der Waals surface area contributed by atoms with E-state index in [0.717, 1.165) is 38.8 Å². The van der Waals surface area contributed by atoms with Crippen molar-refractivity contribution in [3.63, 3.8) is 0 Å². The van der Waals surface area contributed by atoms with Gasteiger partial charge in [-0.3, -0.25) is 14.9 Å². The molecule has 1 N–H and O–H groups in total. The molecule has 34 heavy (non-hydrogen) atoms. The van der Waals surface area contributed by atoms with Crippen LogP contribution in [0, 0.1) is 21.4 Å². The molecule has 9 nitrogen and oxygen atoms in total. The lowest BCUT2D eigenvalue weighted by atomic mass is 10.1. The number of nitro groups is 1. The molecule has 1 aliphatic heterocycles. The van der Waals surface area contributed by atoms with Crippen LogP contribution in [0.1, 0.15) is 48.5 Å². The van der Waals surface area contributed by atoms with E-state index in [0.29, 0.717) is 16.9 Å². The Morgan fingerprint density at radius 2 is 1.82 bits per heavy atom. The van der Waals surface area contributed by atoms with Gasteiger partial charge in [0.25, 0.3) is 11.6 Å². The van der Waals surface area contributed by atoms with Crippen LogP contribution in [-0.4, -0.2) is 36.5 Å². The average molecular weight is 463 g/mol. The molecule has 2 aromatic carbocycles. The van der Waals surface area contributed by atoms with Crippen molar-refractivity contribution in [2.75, 3.05) is 29.9 Å². The molecular formula is C25H26N4O5. The summed E-state index contributed by atoms with van der Waals surface area (Å²) in [6, 6.07) is 12.9. The molecule has 1 heterocycles. The van der Waals surface area contributed by atoms with Crippen molar-refractivity contribution in [3.8, 4) is 6.07 Å². The van der Waals surface area contributed by atoms with E-state index < -0.39 is 16.8 Å². The normalized spacial score (nSPS) is 14.0. The van der Waals surface area contributed by atoms with Gasteiger partial charge >= 0.3 is 5.97 Å². The van der Waals surface area contributed by atoms with Crippen LogP contribution in [0.4, 0.5) is 17.1 Å². The molecule has 0 bridgehead atoms. The monoisotopic (exact) mass is 462 g/mol. The van der Waals surface area contributed by atoms with Crippen LogP contribution in [0.25, 0.3) is 6.08 Å². The lowest BCUT2D eigenvalue weighted by Crippen LogP contribution is -2.25. The Labute approximate surface area is 197 Å². The van der Waals surface area contributed by atoms with E-state index in [-0.39, 0.29) is 23.4 Å². The van der Waals surface area contributed by atoms with E-state index in [1.807, 2.05) is 11.0 Å². The molecule has 0 aliphatic carbocycles. The molecule has 0 radical (unpaired) electrons. The van der Waals surface area contributed by atoms with E-state index >= 15 is 0 Å². The first-order chi connectivity index (χ1) is 16.4. The zero-order valence-electron chi connectivity index (χ0n) is 19.0. The number of nitrogens with zero attached hydrogens (tertiary/aromatic N) is 3. The largest absolute Gasteiger partial charge is 0.462 e. The first-order valence-corrected chi connectivity index (χ1v) is 11.2. The third kappa shape index (κ3) is 6.19. The number of nitrogens with one attached hydrogen (secondary N) is 1. The minimum atomic E-state index is -0.701. The van der Waals surface area contributed by atoms with Gasteiger partial charge in [0, 0.05) is 30.4 Å². The van der Waals surface area contributed by atoms with Crippen LogP contribution in [0.15, 0.2) is 48.0 Å².